The Labute approximate surface area is 65.9 Å². The number of rotatable bonds is 3. The number of ether oxygens (including phenoxy) is 1. The number of hydrogen-bond acceptors (Lipinski definition) is 4. The summed E-state index contributed by atoms with van der Waals surface area (Å²) in [6.07, 6.45) is 2.09. The third-order valence-corrected chi connectivity index (χ3v) is 3.31. The van der Waals surface area contributed by atoms with Gasteiger partial charge in [0, 0.05) is 6.67 Å². The van der Waals surface area contributed by atoms with Crippen LogP contribution in [0.15, 0.2) is 0 Å². The highest BCUT2D eigenvalue weighted by Gasteiger charge is 2.41. The van der Waals surface area contributed by atoms with Crippen LogP contribution in [0.1, 0.15) is 0 Å². The first-order chi connectivity index (χ1) is 4.75. The van der Waals surface area contributed by atoms with Crippen LogP contribution in [-0.2, 0) is 4.74 Å². The minimum absolute atomic E-state index is 0.175. The monoisotopic (exact) mass is 162 g/mol. The quantitative estimate of drug-likeness (QED) is 0.589. The van der Waals surface area contributed by atoms with Gasteiger partial charge in [-0.05, 0) is 13.3 Å². The Morgan fingerprint density at radius 2 is 2.30 bits per heavy atom. The summed E-state index contributed by atoms with van der Waals surface area (Å²) in [6, 6.07) is 0. The Kier molecular flexibility index (Phi) is 2.57. The summed E-state index contributed by atoms with van der Waals surface area (Å²) in [7, 11) is 2.03. The van der Waals surface area contributed by atoms with Gasteiger partial charge in [-0.25, -0.2) is 0 Å². The lowest BCUT2D eigenvalue weighted by molar-refractivity contribution is -0.0767. The maximum atomic E-state index is 5.50. The first-order valence-electron chi connectivity index (χ1n) is 3.29. The van der Waals surface area contributed by atoms with Gasteiger partial charge in [-0.3, -0.25) is 4.90 Å². The van der Waals surface area contributed by atoms with E-state index in [1.165, 1.54) is 0 Å². The molecule has 1 fully saturated rings. The zero-order valence-electron chi connectivity index (χ0n) is 6.46. The van der Waals surface area contributed by atoms with Crippen molar-refractivity contribution in [1.29, 1.82) is 0 Å². The second kappa shape index (κ2) is 3.09. The summed E-state index contributed by atoms with van der Waals surface area (Å²) in [5.41, 5.74) is 5.50. The minimum atomic E-state index is 0.175. The molecule has 3 nitrogen and oxygen atoms in total. The second-order valence-corrected chi connectivity index (χ2v) is 3.69. The van der Waals surface area contributed by atoms with Gasteiger partial charge >= 0.3 is 0 Å². The van der Waals surface area contributed by atoms with Crippen LogP contribution >= 0.6 is 11.8 Å². The fourth-order valence-corrected chi connectivity index (χ4v) is 1.73. The van der Waals surface area contributed by atoms with Gasteiger partial charge in [-0.2, -0.15) is 0 Å². The van der Waals surface area contributed by atoms with Crippen molar-refractivity contribution in [2.24, 2.45) is 5.73 Å². The predicted octanol–water partition coefficient (Wildman–Crippen LogP) is -0.0761. The average molecular weight is 162 g/mol. The smallest absolute Gasteiger partial charge is 0.115 e. The summed E-state index contributed by atoms with van der Waals surface area (Å²) < 4.78 is 5.13. The van der Waals surface area contributed by atoms with Crippen LogP contribution in [0.5, 0.6) is 0 Å². The van der Waals surface area contributed by atoms with Crippen LogP contribution in [0.4, 0.5) is 0 Å². The number of nitrogens with two attached hydrogens (primary N) is 1. The third-order valence-electron chi connectivity index (χ3n) is 2.00. The predicted molar refractivity (Wildman–Crippen MR) is 43.9 cm³/mol. The van der Waals surface area contributed by atoms with Crippen LogP contribution in [0.3, 0.4) is 0 Å². The third kappa shape index (κ3) is 1.16. The summed E-state index contributed by atoms with van der Waals surface area (Å²) in [5, 5.41) is 0. The number of likely N-dealkylation sites (N-methyl/N-ethyl adjacent to an activating group) is 1. The van der Waals surface area contributed by atoms with E-state index in [1.807, 2.05) is 18.8 Å². The van der Waals surface area contributed by atoms with Crippen LogP contribution < -0.4 is 5.73 Å². The van der Waals surface area contributed by atoms with E-state index in [0.29, 0.717) is 6.67 Å². The molecule has 1 rings (SSSR count). The van der Waals surface area contributed by atoms with E-state index in [4.69, 9.17) is 10.5 Å². The zero-order valence-corrected chi connectivity index (χ0v) is 7.28. The molecule has 0 saturated carbocycles. The summed E-state index contributed by atoms with van der Waals surface area (Å²) in [6.45, 7) is 2.22. The molecular formula is C6H14N2OS. The van der Waals surface area contributed by atoms with Crippen molar-refractivity contribution in [3.8, 4) is 0 Å². The van der Waals surface area contributed by atoms with E-state index in [9.17, 15) is 0 Å². The van der Waals surface area contributed by atoms with E-state index in [0.717, 1.165) is 13.2 Å². The second-order valence-electron chi connectivity index (χ2n) is 2.52. The Hall–Kier alpha value is 0.230. The molecule has 1 saturated heterocycles. The maximum Gasteiger partial charge on any atom is 0.115 e. The standard InChI is InChI=1S/C6H14N2OS/c1-8(5-7)6(10-2)3-9-4-6/h3-5,7H2,1-2H3. The molecule has 4 heteroatoms. The highest BCUT2D eigenvalue weighted by Crippen LogP contribution is 2.33. The molecule has 0 bridgehead atoms. The Balaban J connectivity index is 2.46. The molecule has 0 radical (unpaired) electrons. The summed E-state index contributed by atoms with van der Waals surface area (Å²) >= 11 is 1.81. The molecule has 0 spiro atoms. The van der Waals surface area contributed by atoms with E-state index in [-0.39, 0.29) is 4.87 Å². The fraction of sp³-hybridized carbons (Fsp3) is 1.00. The lowest BCUT2D eigenvalue weighted by Gasteiger charge is -2.46. The number of hydrogen-bond donors (Lipinski definition) is 1. The SMILES string of the molecule is CSC1(N(C)CN)COC1. The molecule has 0 aromatic rings. The summed E-state index contributed by atoms with van der Waals surface area (Å²) in [5.74, 6) is 0. The van der Waals surface area contributed by atoms with Gasteiger partial charge in [0.1, 0.15) is 4.87 Å². The van der Waals surface area contributed by atoms with Gasteiger partial charge in [0.2, 0.25) is 0 Å². The van der Waals surface area contributed by atoms with E-state index in [2.05, 4.69) is 11.2 Å². The highest BCUT2D eigenvalue weighted by molar-refractivity contribution is 8.00. The molecule has 1 aliphatic heterocycles. The van der Waals surface area contributed by atoms with Crippen LogP contribution in [0, 0.1) is 0 Å². The lowest BCUT2D eigenvalue weighted by Crippen LogP contribution is -2.59. The minimum Gasteiger partial charge on any atom is -0.376 e. The molecule has 0 aromatic heterocycles. The van der Waals surface area contributed by atoms with Crippen molar-refractivity contribution in [1.82, 2.24) is 4.90 Å². The van der Waals surface area contributed by atoms with E-state index < -0.39 is 0 Å². The van der Waals surface area contributed by atoms with Gasteiger partial charge in [-0.1, -0.05) is 0 Å². The van der Waals surface area contributed by atoms with Gasteiger partial charge in [0.05, 0.1) is 13.2 Å². The molecule has 0 unspecified atom stereocenters. The van der Waals surface area contributed by atoms with Crippen molar-refractivity contribution in [3.63, 3.8) is 0 Å². The zero-order chi connectivity index (χ0) is 7.61. The van der Waals surface area contributed by atoms with Crippen LogP contribution in [0.2, 0.25) is 0 Å². The molecule has 1 aliphatic rings. The average Bonchev–Trinajstić information content (AvgIpc) is 1.86. The van der Waals surface area contributed by atoms with Crippen molar-refractivity contribution >= 4 is 11.8 Å². The molecule has 0 aromatic carbocycles. The molecule has 2 N–H and O–H groups in total. The van der Waals surface area contributed by atoms with Crippen molar-refractivity contribution < 1.29 is 4.74 Å². The van der Waals surface area contributed by atoms with E-state index >= 15 is 0 Å². The first kappa shape index (κ1) is 8.33. The Morgan fingerprint density at radius 1 is 1.70 bits per heavy atom. The Bertz CT molecular complexity index is 111. The van der Waals surface area contributed by atoms with Crippen molar-refractivity contribution in [3.05, 3.63) is 0 Å². The van der Waals surface area contributed by atoms with Gasteiger partial charge in [-0.15, -0.1) is 11.8 Å². The van der Waals surface area contributed by atoms with Crippen LogP contribution in [-0.4, -0.2) is 43.0 Å². The normalized spacial score (nSPS) is 22.8. The fourth-order valence-electron chi connectivity index (χ4n) is 0.937. The number of nitrogens with zero attached hydrogens (tertiary/aromatic N) is 1. The van der Waals surface area contributed by atoms with Gasteiger partial charge in [0.25, 0.3) is 0 Å². The molecule has 1 heterocycles. The van der Waals surface area contributed by atoms with Crippen LogP contribution in [0.25, 0.3) is 0 Å². The largest absolute Gasteiger partial charge is 0.376 e. The maximum absolute atomic E-state index is 5.50. The molecule has 0 atom stereocenters. The number of thioether (sulfide) groups is 1. The first-order valence-corrected chi connectivity index (χ1v) is 4.52. The molecule has 60 valence electrons. The van der Waals surface area contributed by atoms with Gasteiger partial charge < -0.3 is 10.5 Å². The topological polar surface area (TPSA) is 38.5 Å². The van der Waals surface area contributed by atoms with Crippen molar-refractivity contribution in [2.45, 2.75) is 4.87 Å². The van der Waals surface area contributed by atoms with Gasteiger partial charge in [0.15, 0.2) is 0 Å². The van der Waals surface area contributed by atoms with E-state index in [1.54, 1.807) is 0 Å². The Morgan fingerprint density at radius 3 is 2.40 bits per heavy atom. The summed E-state index contributed by atoms with van der Waals surface area (Å²) in [4.78, 5) is 2.30. The molecule has 10 heavy (non-hydrogen) atoms. The molecular weight excluding hydrogens is 148 g/mol. The highest BCUT2D eigenvalue weighted by atomic mass is 32.2. The van der Waals surface area contributed by atoms with Crippen molar-refractivity contribution in [2.75, 3.05) is 33.2 Å². The lowest BCUT2D eigenvalue weighted by atomic mass is 10.2. The molecule has 0 amide bonds. The molecule has 0 aliphatic carbocycles.